The van der Waals surface area contributed by atoms with E-state index in [4.69, 9.17) is 11.6 Å². The highest BCUT2D eigenvalue weighted by atomic mass is 35.5. The first kappa shape index (κ1) is 16.4. The van der Waals surface area contributed by atoms with Crippen LogP contribution in [-0.4, -0.2) is 18.4 Å². The van der Waals surface area contributed by atoms with Gasteiger partial charge in [-0.05, 0) is 30.3 Å². The summed E-state index contributed by atoms with van der Waals surface area (Å²) >= 11 is 5.67. The predicted molar refractivity (Wildman–Crippen MR) is 86.9 cm³/mol. The van der Waals surface area contributed by atoms with Gasteiger partial charge in [0.2, 0.25) is 11.8 Å². The SMILES string of the molecule is O=C(Nc1ccc(F)c(Cl)c1)[C@@H]1CC(=O)N(c2ccccc2F)C1. The predicted octanol–water partition coefficient (Wildman–Crippen LogP) is 3.61. The van der Waals surface area contributed by atoms with Crippen molar-refractivity contribution in [3.63, 3.8) is 0 Å². The maximum atomic E-state index is 13.8. The molecule has 1 heterocycles. The molecule has 1 aliphatic heterocycles. The van der Waals surface area contributed by atoms with Gasteiger partial charge in [0.1, 0.15) is 11.6 Å². The number of hydrogen-bond acceptors (Lipinski definition) is 2. The van der Waals surface area contributed by atoms with Crippen molar-refractivity contribution in [3.05, 3.63) is 59.1 Å². The molecule has 1 N–H and O–H groups in total. The number of nitrogens with zero attached hydrogens (tertiary/aromatic N) is 1. The summed E-state index contributed by atoms with van der Waals surface area (Å²) in [4.78, 5) is 25.7. The first-order valence-corrected chi connectivity index (χ1v) is 7.64. The summed E-state index contributed by atoms with van der Waals surface area (Å²) in [6, 6.07) is 9.72. The Morgan fingerprint density at radius 3 is 2.62 bits per heavy atom. The molecule has 2 aromatic carbocycles. The van der Waals surface area contributed by atoms with Gasteiger partial charge in [0.25, 0.3) is 0 Å². The van der Waals surface area contributed by atoms with Gasteiger partial charge in [-0.15, -0.1) is 0 Å². The molecule has 0 unspecified atom stereocenters. The van der Waals surface area contributed by atoms with Crippen LogP contribution in [-0.2, 0) is 9.59 Å². The zero-order chi connectivity index (χ0) is 17.3. The van der Waals surface area contributed by atoms with E-state index in [9.17, 15) is 18.4 Å². The van der Waals surface area contributed by atoms with E-state index in [1.807, 2.05) is 0 Å². The Kier molecular flexibility index (Phi) is 4.49. The second-order valence-electron chi connectivity index (χ2n) is 5.47. The minimum Gasteiger partial charge on any atom is -0.326 e. The molecule has 0 aromatic heterocycles. The van der Waals surface area contributed by atoms with E-state index < -0.39 is 23.5 Å². The maximum Gasteiger partial charge on any atom is 0.229 e. The van der Waals surface area contributed by atoms with Crippen molar-refractivity contribution in [3.8, 4) is 0 Å². The fourth-order valence-corrected chi connectivity index (χ4v) is 2.79. The van der Waals surface area contributed by atoms with Crippen molar-refractivity contribution in [2.75, 3.05) is 16.8 Å². The van der Waals surface area contributed by atoms with Crippen molar-refractivity contribution < 1.29 is 18.4 Å². The molecule has 0 saturated carbocycles. The van der Waals surface area contributed by atoms with E-state index in [1.165, 1.54) is 35.2 Å². The monoisotopic (exact) mass is 350 g/mol. The topological polar surface area (TPSA) is 49.4 Å². The lowest BCUT2D eigenvalue weighted by atomic mass is 10.1. The van der Waals surface area contributed by atoms with E-state index in [-0.39, 0.29) is 29.6 Å². The highest BCUT2D eigenvalue weighted by Gasteiger charge is 2.36. The van der Waals surface area contributed by atoms with Crippen molar-refractivity contribution in [1.29, 1.82) is 0 Å². The summed E-state index contributed by atoms with van der Waals surface area (Å²) in [6.45, 7) is 0.0839. The Hall–Kier alpha value is -2.47. The van der Waals surface area contributed by atoms with E-state index in [1.54, 1.807) is 6.07 Å². The summed E-state index contributed by atoms with van der Waals surface area (Å²) in [5, 5.41) is 2.49. The Bertz CT molecular complexity index is 813. The van der Waals surface area contributed by atoms with Crippen molar-refractivity contribution in [2.45, 2.75) is 6.42 Å². The Morgan fingerprint density at radius 2 is 1.92 bits per heavy atom. The van der Waals surface area contributed by atoms with E-state index in [0.717, 1.165) is 6.07 Å². The average Bonchev–Trinajstić information content (AvgIpc) is 2.93. The van der Waals surface area contributed by atoms with Crippen LogP contribution in [0.25, 0.3) is 0 Å². The normalized spacial score (nSPS) is 17.2. The first-order valence-electron chi connectivity index (χ1n) is 7.26. The fraction of sp³-hybridized carbons (Fsp3) is 0.176. The lowest BCUT2D eigenvalue weighted by molar-refractivity contribution is -0.122. The van der Waals surface area contributed by atoms with Crippen LogP contribution in [0.4, 0.5) is 20.2 Å². The Morgan fingerprint density at radius 1 is 1.17 bits per heavy atom. The smallest absolute Gasteiger partial charge is 0.229 e. The standard InChI is InChI=1S/C17H13ClF2N2O2/c18-12-8-11(5-6-13(12)19)21-17(24)10-7-16(23)22(9-10)15-4-2-1-3-14(15)20/h1-6,8,10H,7,9H2,(H,21,24)/t10-/m1/s1. The number of para-hydroxylation sites is 1. The van der Waals surface area contributed by atoms with Gasteiger partial charge in [-0.2, -0.15) is 0 Å². The minimum absolute atomic E-state index is 0.0188. The third-order valence-electron chi connectivity index (χ3n) is 3.83. The molecule has 1 fully saturated rings. The molecule has 0 aliphatic carbocycles. The molecule has 1 aliphatic rings. The van der Waals surface area contributed by atoms with E-state index in [0.29, 0.717) is 5.69 Å². The molecule has 124 valence electrons. The number of benzene rings is 2. The lowest BCUT2D eigenvalue weighted by Gasteiger charge is -2.17. The second kappa shape index (κ2) is 6.57. The number of halogens is 3. The zero-order valence-electron chi connectivity index (χ0n) is 12.4. The number of carbonyl (C=O) groups is 2. The molecule has 1 saturated heterocycles. The highest BCUT2D eigenvalue weighted by molar-refractivity contribution is 6.31. The summed E-state index contributed by atoms with van der Waals surface area (Å²) in [5.41, 5.74) is 0.491. The molecular formula is C17H13ClF2N2O2. The van der Waals surface area contributed by atoms with Crippen molar-refractivity contribution >= 4 is 34.8 Å². The van der Waals surface area contributed by atoms with E-state index in [2.05, 4.69) is 5.32 Å². The number of rotatable bonds is 3. The molecule has 7 heteroatoms. The maximum absolute atomic E-state index is 13.8. The van der Waals surface area contributed by atoms with Crippen LogP contribution in [0.2, 0.25) is 5.02 Å². The molecule has 2 aromatic rings. The van der Waals surface area contributed by atoms with Crippen LogP contribution in [0, 0.1) is 17.6 Å². The second-order valence-corrected chi connectivity index (χ2v) is 5.88. The Labute approximate surface area is 142 Å². The summed E-state index contributed by atoms with van der Waals surface area (Å²) in [5.74, 6) is -2.45. The van der Waals surface area contributed by atoms with Gasteiger partial charge >= 0.3 is 0 Å². The third-order valence-corrected chi connectivity index (χ3v) is 4.12. The molecule has 3 rings (SSSR count). The van der Waals surface area contributed by atoms with Crippen LogP contribution in [0.15, 0.2) is 42.5 Å². The Balaban J connectivity index is 1.72. The van der Waals surface area contributed by atoms with Crippen LogP contribution in [0.1, 0.15) is 6.42 Å². The van der Waals surface area contributed by atoms with Crippen LogP contribution < -0.4 is 10.2 Å². The van der Waals surface area contributed by atoms with Crippen molar-refractivity contribution in [1.82, 2.24) is 0 Å². The minimum atomic E-state index is -0.624. The van der Waals surface area contributed by atoms with Gasteiger partial charge in [-0.1, -0.05) is 23.7 Å². The molecule has 0 bridgehead atoms. The third kappa shape index (κ3) is 3.23. The largest absolute Gasteiger partial charge is 0.326 e. The molecule has 0 radical (unpaired) electrons. The molecule has 24 heavy (non-hydrogen) atoms. The van der Waals surface area contributed by atoms with Gasteiger partial charge < -0.3 is 10.2 Å². The van der Waals surface area contributed by atoms with Crippen LogP contribution in [0.5, 0.6) is 0 Å². The number of nitrogens with one attached hydrogen (secondary N) is 1. The van der Waals surface area contributed by atoms with Crippen LogP contribution >= 0.6 is 11.6 Å². The van der Waals surface area contributed by atoms with Crippen LogP contribution in [0.3, 0.4) is 0 Å². The zero-order valence-corrected chi connectivity index (χ0v) is 13.2. The fourth-order valence-electron chi connectivity index (χ4n) is 2.60. The van der Waals surface area contributed by atoms with E-state index >= 15 is 0 Å². The van der Waals surface area contributed by atoms with Gasteiger partial charge in [0, 0.05) is 18.7 Å². The number of amides is 2. The number of anilines is 2. The molecule has 2 amide bonds. The first-order chi connectivity index (χ1) is 11.5. The summed E-state index contributed by atoms with van der Waals surface area (Å²) < 4.78 is 27.0. The van der Waals surface area contributed by atoms with Gasteiger partial charge in [-0.25, -0.2) is 8.78 Å². The molecule has 4 nitrogen and oxygen atoms in total. The lowest BCUT2D eigenvalue weighted by Crippen LogP contribution is -2.28. The molecule has 1 atom stereocenters. The number of hydrogen-bond donors (Lipinski definition) is 1. The van der Waals surface area contributed by atoms with Gasteiger partial charge in [-0.3, -0.25) is 9.59 Å². The number of carbonyl (C=O) groups excluding carboxylic acids is 2. The summed E-state index contributed by atoms with van der Waals surface area (Å²) in [7, 11) is 0. The van der Waals surface area contributed by atoms with Gasteiger partial charge in [0.15, 0.2) is 0 Å². The highest BCUT2D eigenvalue weighted by Crippen LogP contribution is 2.28. The average molecular weight is 351 g/mol. The van der Waals surface area contributed by atoms with Gasteiger partial charge in [0.05, 0.1) is 16.6 Å². The molecule has 0 spiro atoms. The quantitative estimate of drug-likeness (QED) is 0.919. The summed E-state index contributed by atoms with van der Waals surface area (Å²) in [6.07, 6.45) is -0.0188. The molecular weight excluding hydrogens is 338 g/mol. The van der Waals surface area contributed by atoms with Crippen molar-refractivity contribution in [2.24, 2.45) is 5.92 Å².